The molecule has 1 fully saturated rings. The molecule has 104 valence electrons. The van der Waals surface area contributed by atoms with Gasteiger partial charge in [0, 0.05) is 19.6 Å². The minimum atomic E-state index is -0.0717. The molecule has 2 rings (SSSR count). The number of hydrogen-bond acceptors (Lipinski definition) is 2. The average Bonchev–Trinajstić information content (AvgIpc) is 2.49. The lowest BCUT2D eigenvalue weighted by Crippen LogP contribution is -2.42. The maximum absolute atomic E-state index is 12.3. The standard InChI is InChI=1S/C16H24N2O/c1-13-15(19)18(12-16(2,3)11-17-13)10-9-14-7-5-4-6-8-14/h4-8,13,17H,9-12H2,1-3H3. The molecule has 1 atom stereocenters. The average molecular weight is 260 g/mol. The van der Waals surface area contributed by atoms with Crippen LogP contribution in [0.3, 0.4) is 0 Å². The molecular weight excluding hydrogens is 236 g/mol. The van der Waals surface area contributed by atoms with Crippen molar-refractivity contribution in [1.82, 2.24) is 10.2 Å². The lowest BCUT2D eigenvalue weighted by atomic mass is 9.93. The zero-order valence-electron chi connectivity index (χ0n) is 12.1. The van der Waals surface area contributed by atoms with Gasteiger partial charge in [-0.2, -0.15) is 0 Å². The topological polar surface area (TPSA) is 32.3 Å². The number of hydrogen-bond donors (Lipinski definition) is 1. The fraction of sp³-hybridized carbons (Fsp3) is 0.562. The van der Waals surface area contributed by atoms with Crippen molar-refractivity contribution in [2.75, 3.05) is 19.6 Å². The van der Waals surface area contributed by atoms with Gasteiger partial charge in [0.25, 0.3) is 0 Å². The van der Waals surface area contributed by atoms with E-state index in [9.17, 15) is 4.79 Å². The molecule has 1 aliphatic heterocycles. The molecule has 1 amide bonds. The van der Waals surface area contributed by atoms with Crippen molar-refractivity contribution in [1.29, 1.82) is 0 Å². The minimum Gasteiger partial charge on any atom is -0.340 e. The predicted molar refractivity (Wildman–Crippen MR) is 78.0 cm³/mol. The fourth-order valence-corrected chi connectivity index (χ4v) is 2.54. The molecule has 1 unspecified atom stereocenters. The quantitative estimate of drug-likeness (QED) is 0.902. The molecular formula is C16H24N2O. The zero-order valence-corrected chi connectivity index (χ0v) is 12.1. The summed E-state index contributed by atoms with van der Waals surface area (Å²) < 4.78 is 0. The van der Waals surface area contributed by atoms with E-state index in [1.807, 2.05) is 30.0 Å². The summed E-state index contributed by atoms with van der Waals surface area (Å²) in [5.74, 6) is 0.224. The van der Waals surface area contributed by atoms with Gasteiger partial charge in [0.1, 0.15) is 0 Å². The van der Waals surface area contributed by atoms with Crippen molar-refractivity contribution in [3.63, 3.8) is 0 Å². The molecule has 0 aliphatic carbocycles. The number of rotatable bonds is 3. The second-order valence-electron chi connectivity index (χ2n) is 6.26. The lowest BCUT2D eigenvalue weighted by Gasteiger charge is -2.29. The van der Waals surface area contributed by atoms with Gasteiger partial charge in [-0.1, -0.05) is 44.2 Å². The van der Waals surface area contributed by atoms with Gasteiger partial charge in [-0.25, -0.2) is 0 Å². The third-order valence-electron chi connectivity index (χ3n) is 3.70. The van der Waals surface area contributed by atoms with E-state index in [1.54, 1.807) is 0 Å². The molecule has 3 nitrogen and oxygen atoms in total. The molecule has 1 aromatic rings. The molecule has 0 aromatic heterocycles. The number of amides is 1. The van der Waals surface area contributed by atoms with Gasteiger partial charge in [-0.3, -0.25) is 4.79 Å². The summed E-state index contributed by atoms with van der Waals surface area (Å²) in [6.07, 6.45) is 0.926. The van der Waals surface area contributed by atoms with Crippen LogP contribution in [0.1, 0.15) is 26.3 Å². The number of carbonyl (C=O) groups is 1. The Bertz CT molecular complexity index is 428. The van der Waals surface area contributed by atoms with E-state index in [1.165, 1.54) is 5.56 Å². The van der Waals surface area contributed by atoms with Crippen molar-refractivity contribution >= 4 is 5.91 Å². The third-order valence-corrected chi connectivity index (χ3v) is 3.70. The van der Waals surface area contributed by atoms with E-state index in [0.29, 0.717) is 0 Å². The van der Waals surface area contributed by atoms with E-state index >= 15 is 0 Å². The summed E-state index contributed by atoms with van der Waals surface area (Å²) in [7, 11) is 0. The Morgan fingerprint density at radius 3 is 2.68 bits per heavy atom. The minimum absolute atomic E-state index is 0.0717. The maximum Gasteiger partial charge on any atom is 0.239 e. The van der Waals surface area contributed by atoms with Gasteiger partial charge in [0.2, 0.25) is 5.91 Å². The normalized spacial score (nSPS) is 23.2. The van der Waals surface area contributed by atoms with Crippen LogP contribution in [0.5, 0.6) is 0 Å². The van der Waals surface area contributed by atoms with Gasteiger partial charge in [-0.05, 0) is 24.3 Å². The summed E-state index contributed by atoms with van der Waals surface area (Å²) >= 11 is 0. The predicted octanol–water partition coefficient (Wildman–Crippen LogP) is 2.08. The van der Waals surface area contributed by atoms with Crippen LogP contribution >= 0.6 is 0 Å². The highest BCUT2D eigenvalue weighted by molar-refractivity contribution is 5.81. The number of nitrogens with zero attached hydrogens (tertiary/aromatic N) is 1. The Morgan fingerprint density at radius 2 is 2.00 bits per heavy atom. The van der Waals surface area contributed by atoms with Crippen LogP contribution in [0, 0.1) is 5.41 Å². The highest BCUT2D eigenvalue weighted by atomic mass is 16.2. The number of nitrogens with one attached hydrogen (secondary N) is 1. The molecule has 1 saturated heterocycles. The van der Waals surface area contributed by atoms with Crippen molar-refractivity contribution in [3.8, 4) is 0 Å². The first-order valence-electron chi connectivity index (χ1n) is 7.04. The van der Waals surface area contributed by atoms with Crippen LogP contribution in [-0.4, -0.2) is 36.5 Å². The molecule has 1 aliphatic rings. The largest absolute Gasteiger partial charge is 0.340 e. The van der Waals surface area contributed by atoms with E-state index in [2.05, 4.69) is 31.3 Å². The van der Waals surface area contributed by atoms with E-state index in [4.69, 9.17) is 0 Å². The Morgan fingerprint density at radius 1 is 1.32 bits per heavy atom. The Balaban J connectivity index is 2.02. The molecule has 0 spiro atoms. The van der Waals surface area contributed by atoms with Crippen LogP contribution in [-0.2, 0) is 11.2 Å². The van der Waals surface area contributed by atoms with Crippen LogP contribution in [0.2, 0.25) is 0 Å². The Hall–Kier alpha value is -1.35. The van der Waals surface area contributed by atoms with Gasteiger partial charge < -0.3 is 10.2 Å². The summed E-state index contributed by atoms with van der Waals surface area (Å²) in [6.45, 7) is 8.90. The number of carbonyl (C=O) groups excluding carboxylic acids is 1. The molecule has 0 saturated carbocycles. The van der Waals surface area contributed by atoms with Crippen LogP contribution in [0.15, 0.2) is 30.3 Å². The SMILES string of the molecule is CC1NCC(C)(C)CN(CCc2ccccc2)C1=O. The molecule has 1 aromatic carbocycles. The van der Waals surface area contributed by atoms with Crippen molar-refractivity contribution < 1.29 is 4.79 Å². The summed E-state index contributed by atoms with van der Waals surface area (Å²) in [6, 6.07) is 10.3. The second kappa shape index (κ2) is 5.74. The molecule has 3 heteroatoms. The lowest BCUT2D eigenvalue weighted by molar-refractivity contribution is -0.132. The smallest absolute Gasteiger partial charge is 0.239 e. The Labute approximate surface area is 116 Å². The molecule has 0 radical (unpaired) electrons. The zero-order chi connectivity index (χ0) is 13.9. The second-order valence-corrected chi connectivity index (χ2v) is 6.26. The molecule has 1 heterocycles. The monoisotopic (exact) mass is 260 g/mol. The maximum atomic E-state index is 12.3. The molecule has 19 heavy (non-hydrogen) atoms. The highest BCUT2D eigenvalue weighted by Crippen LogP contribution is 2.20. The summed E-state index contributed by atoms with van der Waals surface area (Å²) in [5.41, 5.74) is 1.43. The first-order valence-corrected chi connectivity index (χ1v) is 7.04. The van der Waals surface area contributed by atoms with Gasteiger partial charge in [0.05, 0.1) is 6.04 Å². The van der Waals surface area contributed by atoms with E-state index in [-0.39, 0.29) is 17.4 Å². The highest BCUT2D eigenvalue weighted by Gasteiger charge is 2.31. The van der Waals surface area contributed by atoms with Crippen molar-refractivity contribution in [3.05, 3.63) is 35.9 Å². The van der Waals surface area contributed by atoms with Gasteiger partial charge in [-0.15, -0.1) is 0 Å². The fourth-order valence-electron chi connectivity index (χ4n) is 2.54. The molecule has 1 N–H and O–H groups in total. The first-order chi connectivity index (χ1) is 8.98. The Kier molecular flexibility index (Phi) is 4.25. The van der Waals surface area contributed by atoms with Crippen LogP contribution < -0.4 is 5.32 Å². The van der Waals surface area contributed by atoms with Gasteiger partial charge in [0.15, 0.2) is 0 Å². The van der Waals surface area contributed by atoms with Crippen molar-refractivity contribution in [2.45, 2.75) is 33.2 Å². The first kappa shape index (κ1) is 14.1. The van der Waals surface area contributed by atoms with E-state index < -0.39 is 0 Å². The van der Waals surface area contributed by atoms with Crippen LogP contribution in [0.4, 0.5) is 0 Å². The summed E-state index contributed by atoms with van der Waals surface area (Å²) in [4.78, 5) is 14.3. The number of benzene rings is 1. The van der Waals surface area contributed by atoms with Crippen LogP contribution in [0.25, 0.3) is 0 Å². The van der Waals surface area contributed by atoms with Crippen molar-refractivity contribution in [2.24, 2.45) is 5.41 Å². The third kappa shape index (κ3) is 3.80. The molecule has 0 bridgehead atoms. The van der Waals surface area contributed by atoms with Gasteiger partial charge >= 0.3 is 0 Å². The summed E-state index contributed by atoms with van der Waals surface area (Å²) in [5, 5.41) is 3.32. The van der Waals surface area contributed by atoms with E-state index in [0.717, 1.165) is 26.1 Å².